The van der Waals surface area contributed by atoms with Gasteiger partial charge in [0.2, 0.25) is 0 Å². The molecule has 0 radical (unpaired) electrons. The summed E-state index contributed by atoms with van der Waals surface area (Å²) in [4.78, 5) is 27.5. The standard InChI is InChI=1S/C24H25N5O2S/c1-15-12-18(31-17-7-10-29(2)11-8-17)5-6-20(15)27-24-28-23(30)21(32-24)13-16-14-26-22-19(16)4-3-9-25-22/h3-6,9,12-14,17H,7-8,10-11H2,1-2H3,(H,25,26)(H,27,28,30). The van der Waals surface area contributed by atoms with Crippen LogP contribution in [0.4, 0.5) is 5.69 Å². The number of aryl methyl sites for hydroxylation is 1. The third-order valence-electron chi connectivity index (χ3n) is 5.78. The summed E-state index contributed by atoms with van der Waals surface area (Å²) in [5.74, 6) is 0.726. The first-order valence-electron chi connectivity index (χ1n) is 10.7. The molecule has 5 rings (SSSR count). The van der Waals surface area contributed by atoms with Crippen LogP contribution in [0.25, 0.3) is 17.1 Å². The molecule has 4 heterocycles. The van der Waals surface area contributed by atoms with Crippen LogP contribution in [-0.2, 0) is 4.79 Å². The van der Waals surface area contributed by atoms with E-state index in [9.17, 15) is 4.79 Å². The van der Waals surface area contributed by atoms with Crippen molar-refractivity contribution in [2.75, 3.05) is 20.1 Å². The molecule has 1 aromatic carbocycles. The summed E-state index contributed by atoms with van der Waals surface area (Å²) in [6, 6.07) is 9.80. The summed E-state index contributed by atoms with van der Waals surface area (Å²) in [6.07, 6.45) is 7.83. The van der Waals surface area contributed by atoms with Gasteiger partial charge in [0.1, 0.15) is 17.5 Å². The Morgan fingerprint density at radius 2 is 2.12 bits per heavy atom. The first-order valence-corrected chi connectivity index (χ1v) is 11.5. The molecule has 2 aliphatic heterocycles. The SMILES string of the molecule is Cc1cc(OC2CCN(C)CC2)ccc1N=C1NC(=O)C(=Cc2c[nH]c3ncccc23)S1. The molecule has 1 amide bonds. The number of piperidine rings is 1. The predicted octanol–water partition coefficient (Wildman–Crippen LogP) is 4.24. The highest BCUT2D eigenvalue weighted by Gasteiger charge is 2.24. The minimum Gasteiger partial charge on any atom is -0.490 e. The maximum absolute atomic E-state index is 12.5. The number of amides is 1. The zero-order valence-electron chi connectivity index (χ0n) is 18.1. The van der Waals surface area contributed by atoms with E-state index in [1.54, 1.807) is 6.20 Å². The van der Waals surface area contributed by atoms with E-state index >= 15 is 0 Å². The molecule has 2 aromatic heterocycles. The van der Waals surface area contributed by atoms with Gasteiger partial charge < -0.3 is 19.9 Å². The topological polar surface area (TPSA) is 82.6 Å². The number of ether oxygens (including phenoxy) is 1. The quantitative estimate of drug-likeness (QED) is 0.585. The van der Waals surface area contributed by atoms with Gasteiger partial charge in [0.25, 0.3) is 5.91 Å². The summed E-state index contributed by atoms with van der Waals surface area (Å²) in [5, 5.41) is 4.43. The van der Waals surface area contributed by atoms with Crippen LogP contribution in [0.1, 0.15) is 24.0 Å². The number of pyridine rings is 1. The van der Waals surface area contributed by atoms with E-state index < -0.39 is 0 Å². The number of aliphatic imine (C=N–C) groups is 1. The highest BCUT2D eigenvalue weighted by molar-refractivity contribution is 8.18. The van der Waals surface area contributed by atoms with Gasteiger partial charge in [-0.05, 0) is 80.5 Å². The first-order chi connectivity index (χ1) is 15.5. The number of thioether (sulfide) groups is 1. The summed E-state index contributed by atoms with van der Waals surface area (Å²) in [7, 11) is 2.15. The number of carbonyl (C=O) groups excluding carboxylic acids is 1. The van der Waals surface area contributed by atoms with E-state index in [1.165, 1.54) is 11.8 Å². The van der Waals surface area contributed by atoms with Crippen molar-refractivity contribution in [3.8, 4) is 5.75 Å². The second-order valence-electron chi connectivity index (χ2n) is 8.19. The molecule has 2 fully saturated rings. The summed E-state index contributed by atoms with van der Waals surface area (Å²) >= 11 is 1.34. The Kier molecular flexibility index (Phi) is 5.71. The molecule has 0 unspecified atom stereocenters. The maximum Gasteiger partial charge on any atom is 0.264 e. The lowest BCUT2D eigenvalue weighted by atomic mass is 10.1. The molecule has 164 valence electrons. The number of hydrogen-bond acceptors (Lipinski definition) is 6. The Morgan fingerprint density at radius 1 is 1.28 bits per heavy atom. The average Bonchev–Trinajstić information content (AvgIpc) is 3.35. The van der Waals surface area contributed by atoms with E-state index in [2.05, 4.69) is 32.2 Å². The van der Waals surface area contributed by atoms with Crippen LogP contribution >= 0.6 is 11.8 Å². The number of rotatable bonds is 4. The summed E-state index contributed by atoms with van der Waals surface area (Å²) in [5.41, 5.74) is 3.56. The Morgan fingerprint density at radius 3 is 2.94 bits per heavy atom. The number of aromatic nitrogens is 2. The minimum absolute atomic E-state index is 0.146. The van der Waals surface area contributed by atoms with Crippen LogP contribution in [0, 0.1) is 6.92 Å². The molecular weight excluding hydrogens is 422 g/mol. The van der Waals surface area contributed by atoms with Crippen LogP contribution in [0.2, 0.25) is 0 Å². The van der Waals surface area contributed by atoms with Crippen molar-refractivity contribution in [1.82, 2.24) is 20.2 Å². The van der Waals surface area contributed by atoms with Crippen LogP contribution in [0.3, 0.4) is 0 Å². The molecule has 0 spiro atoms. The second-order valence-corrected chi connectivity index (χ2v) is 9.22. The van der Waals surface area contributed by atoms with Crippen LogP contribution in [0.15, 0.2) is 52.6 Å². The fourth-order valence-electron chi connectivity index (χ4n) is 3.95. The van der Waals surface area contributed by atoms with Gasteiger partial charge in [0.05, 0.1) is 10.6 Å². The lowest BCUT2D eigenvalue weighted by Gasteiger charge is -2.29. The minimum atomic E-state index is -0.146. The van der Waals surface area contributed by atoms with Crippen LogP contribution < -0.4 is 10.1 Å². The third kappa shape index (κ3) is 4.42. The first kappa shape index (κ1) is 20.8. The van der Waals surface area contributed by atoms with Gasteiger partial charge in [-0.15, -0.1) is 0 Å². The van der Waals surface area contributed by atoms with Gasteiger partial charge in [-0.1, -0.05) is 0 Å². The van der Waals surface area contributed by atoms with Gasteiger partial charge >= 0.3 is 0 Å². The molecule has 7 nitrogen and oxygen atoms in total. The van der Waals surface area contributed by atoms with Crippen LogP contribution in [0.5, 0.6) is 5.75 Å². The monoisotopic (exact) mass is 447 g/mol. The fourth-order valence-corrected chi connectivity index (χ4v) is 4.78. The van der Waals surface area contributed by atoms with E-state index in [-0.39, 0.29) is 12.0 Å². The Hall–Kier alpha value is -3.10. The second kappa shape index (κ2) is 8.80. The van der Waals surface area contributed by atoms with Gasteiger partial charge in [0.15, 0.2) is 5.17 Å². The molecule has 2 N–H and O–H groups in total. The molecule has 2 saturated heterocycles. The number of fused-ring (bicyclic) bond motifs is 1. The van der Waals surface area contributed by atoms with Crippen molar-refractivity contribution < 1.29 is 9.53 Å². The molecular formula is C24H25N5O2S. The Balaban J connectivity index is 1.30. The Labute approximate surface area is 191 Å². The highest BCUT2D eigenvalue weighted by Crippen LogP contribution is 2.32. The largest absolute Gasteiger partial charge is 0.490 e. The molecule has 0 bridgehead atoms. The van der Waals surface area contributed by atoms with Gasteiger partial charge in [-0.3, -0.25) is 4.79 Å². The average molecular weight is 448 g/mol. The molecule has 0 atom stereocenters. The number of aromatic amines is 1. The van der Waals surface area contributed by atoms with Crippen molar-refractivity contribution in [2.45, 2.75) is 25.9 Å². The predicted molar refractivity (Wildman–Crippen MR) is 129 cm³/mol. The van der Waals surface area contributed by atoms with Crippen molar-refractivity contribution in [1.29, 1.82) is 0 Å². The normalized spacial score (nSPS) is 20.4. The van der Waals surface area contributed by atoms with E-state index in [0.29, 0.717) is 10.1 Å². The Bertz CT molecular complexity index is 1220. The van der Waals surface area contributed by atoms with E-state index in [0.717, 1.165) is 59.5 Å². The molecule has 32 heavy (non-hydrogen) atoms. The zero-order valence-corrected chi connectivity index (χ0v) is 18.9. The summed E-state index contributed by atoms with van der Waals surface area (Å²) in [6.45, 7) is 4.15. The van der Waals surface area contributed by atoms with Crippen molar-refractivity contribution in [2.24, 2.45) is 4.99 Å². The number of H-pyrrole nitrogens is 1. The number of nitrogens with zero attached hydrogens (tertiary/aromatic N) is 3. The lowest BCUT2D eigenvalue weighted by Crippen LogP contribution is -2.35. The smallest absolute Gasteiger partial charge is 0.264 e. The number of carbonyl (C=O) groups is 1. The summed E-state index contributed by atoms with van der Waals surface area (Å²) < 4.78 is 6.17. The van der Waals surface area contributed by atoms with E-state index in [4.69, 9.17) is 4.74 Å². The molecule has 2 aliphatic rings. The number of benzene rings is 1. The van der Waals surface area contributed by atoms with E-state index in [1.807, 2.05) is 49.5 Å². The molecule has 8 heteroatoms. The number of hydrogen-bond donors (Lipinski definition) is 2. The van der Waals surface area contributed by atoms with Gasteiger partial charge in [-0.2, -0.15) is 0 Å². The molecule has 0 aliphatic carbocycles. The number of amidine groups is 1. The van der Waals surface area contributed by atoms with Crippen molar-refractivity contribution >= 4 is 45.6 Å². The van der Waals surface area contributed by atoms with Crippen molar-refractivity contribution in [3.05, 3.63) is 58.8 Å². The fraction of sp³-hybridized carbons (Fsp3) is 0.292. The highest BCUT2D eigenvalue weighted by atomic mass is 32.2. The number of nitrogens with one attached hydrogen (secondary N) is 2. The van der Waals surface area contributed by atoms with Crippen LogP contribution in [-0.4, -0.2) is 52.2 Å². The maximum atomic E-state index is 12.5. The third-order valence-corrected chi connectivity index (χ3v) is 6.69. The van der Waals surface area contributed by atoms with Gasteiger partial charge in [0, 0.05) is 36.4 Å². The zero-order chi connectivity index (χ0) is 22.1. The number of likely N-dealkylation sites (tertiary alicyclic amines) is 1. The molecule has 0 saturated carbocycles. The van der Waals surface area contributed by atoms with Gasteiger partial charge in [-0.25, -0.2) is 9.98 Å². The molecule has 3 aromatic rings. The van der Waals surface area contributed by atoms with Crippen molar-refractivity contribution in [3.63, 3.8) is 0 Å². The lowest BCUT2D eigenvalue weighted by molar-refractivity contribution is -0.115.